The molecular formula is C55H36N2S. The van der Waals surface area contributed by atoms with E-state index in [0.717, 1.165) is 17.9 Å². The Morgan fingerprint density at radius 3 is 1.83 bits per heavy atom. The van der Waals surface area contributed by atoms with Gasteiger partial charge in [-0.3, -0.25) is 4.57 Å². The van der Waals surface area contributed by atoms with E-state index in [4.69, 9.17) is 4.99 Å². The number of benzene rings is 10. The molecule has 1 aliphatic rings. The summed E-state index contributed by atoms with van der Waals surface area (Å²) in [6.45, 7) is 2.36. The van der Waals surface area contributed by atoms with E-state index in [9.17, 15) is 0 Å². The fourth-order valence-electron chi connectivity index (χ4n) is 10.7. The summed E-state index contributed by atoms with van der Waals surface area (Å²) in [5, 5.41) is 17.9. The second kappa shape index (κ2) is 12.1. The third kappa shape index (κ3) is 4.34. The molecule has 0 saturated carbocycles. The summed E-state index contributed by atoms with van der Waals surface area (Å²) in [6.07, 6.45) is 0.938. The number of aromatic nitrogens is 1. The van der Waals surface area contributed by atoms with Gasteiger partial charge in [0.15, 0.2) is 0 Å². The van der Waals surface area contributed by atoms with Crippen LogP contribution in [-0.2, 0) is 0 Å². The van der Waals surface area contributed by atoms with Crippen molar-refractivity contribution in [1.29, 1.82) is 0 Å². The minimum atomic E-state index is 0.111. The maximum Gasteiger partial charge on any atom is 0.118 e. The van der Waals surface area contributed by atoms with Gasteiger partial charge in [-0.2, -0.15) is 0 Å². The van der Waals surface area contributed by atoms with Crippen LogP contribution in [0.3, 0.4) is 0 Å². The zero-order chi connectivity index (χ0) is 38.1. The summed E-state index contributed by atoms with van der Waals surface area (Å²) >= 11 is 1.90. The summed E-state index contributed by atoms with van der Waals surface area (Å²) in [4.78, 5) is 5.92. The fraction of sp³-hybridized carbons (Fsp3) is 0.0727. The molecule has 0 fully saturated rings. The Bertz CT molecular complexity index is 3720. The lowest BCUT2D eigenvalue weighted by atomic mass is 9.75. The van der Waals surface area contributed by atoms with Gasteiger partial charge in [-0.05, 0) is 73.5 Å². The number of aliphatic imine (C=N–C) groups is 1. The van der Waals surface area contributed by atoms with Crippen molar-refractivity contribution in [1.82, 2.24) is 4.57 Å². The van der Waals surface area contributed by atoms with E-state index in [1.807, 2.05) is 11.3 Å². The Morgan fingerprint density at radius 1 is 0.483 bits per heavy atom. The van der Waals surface area contributed by atoms with Gasteiger partial charge in [0.25, 0.3) is 0 Å². The lowest BCUT2D eigenvalue weighted by molar-refractivity contribution is 0.566. The van der Waals surface area contributed by atoms with Crippen LogP contribution in [0.5, 0.6) is 0 Å². The number of rotatable bonds is 2. The highest BCUT2D eigenvalue weighted by Crippen LogP contribution is 2.51. The van der Waals surface area contributed by atoms with Crippen LogP contribution < -0.4 is 0 Å². The number of hydrogen-bond donors (Lipinski definition) is 0. The molecule has 2 unspecified atom stereocenters. The standard InChI is InChI=1S/C55H36N2S/c1-2-35-50(34-25-26-42-41-20-11-12-22-48(41)58-49(42)31-34)45-27-23-32-13-3-5-15-36(32)53(45)56-55(35)57-47-30-29-44-40-19-8-7-17-38(40)39-18-9-10-21-43(39)51(44)52(47)46-28-24-33-14-4-6-16-37(33)54(46)57/h3-31,35,50H,2H2,1H3. The molecule has 0 amide bonds. The lowest BCUT2D eigenvalue weighted by Gasteiger charge is -2.35. The van der Waals surface area contributed by atoms with Crippen molar-refractivity contribution in [3.63, 3.8) is 0 Å². The molecule has 0 N–H and O–H groups in total. The first-order valence-corrected chi connectivity index (χ1v) is 21.3. The maximum atomic E-state index is 5.92. The van der Waals surface area contributed by atoms with Gasteiger partial charge in [-0.15, -0.1) is 11.3 Å². The quantitative estimate of drug-likeness (QED) is 0.156. The third-order valence-corrected chi connectivity index (χ3v) is 14.3. The first-order chi connectivity index (χ1) is 28.7. The van der Waals surface area contributed by atoms with E-state index < -0.39 is 0 Å². The van der Waals surface area contributed by atoms with E-state index in [1.165, 1.54) is 107 Å². The van der Waals surface area contributed by atoms with Crippen molar-refractivity contribution in [2.24, 2.45) is 10.9 Å². The van der Waals surface area contributed by atoms with Crippen molar-refractivity contribution in [2.45, 2.75) is 19.3 Å². The molecular weight excluding hydrogens is 721 g/mol. The molecule has 3 heterocycles. The second-order valence-corrected chi connectivity index (χ2v) is 17.1. The highest BCUT2D eigenvalue weighted by Gasteiger charge is 2.37. The Hall–Kier alpha value is -6.81. The van der Waals surface area contributed by atoms with Gasteiger partial charge in [0.1, 0.15) is 5.84 Å². The highest BCUT2D eigenvalue weighted by atomic mass is 32.1. The Labute approximate surface area is 338 Å². The van der Waals surface area contributed by atoms with Crippen LogP contribution in [0.2, 0.25) is 0 Å². The van der Waals surface area contributed by atoms with Crippen molar-refractivity contribution in [3.05, 3.63) is 187 Å². The summed E-state index contributed by atoms with van der Waals surface area (Å²) in [7, 11) is 0. The summed E-state index contributed by atoms with van der Waals surface area (Å²) < 4.78 is 5.26. The van der Waals surface area contributed by atoms with Crippen LogP contribution >= 0.6 is 11.3 Å². The van der Waals surface area contributed by atoms with Crippen LogP contribution in [0.4, 0.5) is 5.69 Å². The van der Waals surface area contributed by atoms with Crippen LogP contribution in [0.15, 0.2) is 181 Å². The highest BCUT2D eigenvalue weighted by molar-refractivity contribution is 7.25. The first kappa shape index (κ1) is 32.3. The van der Waals surface area contributed by atoms with Gasteiger partial charge in [0, 0.05) is 58.9 Å². The average molecular weight is 757 g/mol. The number of hydrogen-bond acceptors (Lipinski definition) is 2. The van der Waals surface area contributed by atoms with Crippen LogP contribution in [0.1, 0.15) is 30.4 Å². The van der Waals surface area contributed by atoms with E-state index in [-0.39, 0.29) is 11.8 Å². The minimum Gasteiger partial charge on any atom is -0.296 e. The molecule has 0 radical (unpaired) electrons. The molecule has 13 rings (SSSR count). The molecule has 0 saturated heterocycles. The van der Waals surface area contributed by atoms with Gasteiger partial charge < -0.3 is 0 Å². The van der Waals surface area contributed by atoms with Gasteiger partial charge in [-0.1, -0.05) is 165 Å². The second-order valence-electron chi connectivity index (χ2n) is 16.0. The normalized spacial score (nSPS) is 15.8. The van der Waals surface area contributed by atoms with Crippen LogP contribution in [-0.4, -0.2) is 10.4 Å². The molecule has 272 valence electrons. The van der Waals surface area contributed by atoms with Crippen molar-refractivity contribution >= 4 is 119 Å². The molecule has 1 aliphatic heterocycles. The molecule has 0 aliphatic carbocycles. The summed E-state index contributed by atoms with van der Waals surface area (Å²) in [5.74, 6) is 1.34. The predicted octanol–water partition coefficient (Wildman–Crippen LogP) is 15.7. The lowest BCUT2D eigenvalue weighted by Crippen LogP contribution is -2.31. The summed E-state index contributed by atoms with van der Waals surface area (Å²) in [6, 6.07) is 65.8. The van der Waals surface area contributed by atoms with Crippen molar-refractivity contribution < 1.29 is 0 Å². The molecule has 3 heteroatoms. The molecule has 10 aromatic carbocycles. The molecule has 0 bridgehead atoms. The zero-order valence-corrected chi connectivity index (χ0v) is 32.7. The Morgan fingerprint density at radius 2 is 1.05 bits per heavy atom. The van der Waals surface area contributed by atoms with E-state index in [0.29, 0.717) is 0 Å². The van der Waals surface area contributed by atoms with Crippen LogP contribution in [0, 0.1) is 5.92 Å². The predicted molar refractivity (Wildman–Crippen MR) is 251 cm³/mol. The maximum absolute atomic E-state index is 5.92. The first-order valence-electron chi connectivity index (χ1n) is 20.4. The molecule has 58 heavy (non-hydrogen) atoms. The largest absolute Gasteiger partial charge is 0.296 e. The molecule has 0 spiro atoms. The van der Waals surface area contributed by atoms with Gasteiger partial charge in [0.2, 0.25) is 0 Å². The number of nitrogens with zero attached hydrogens (tertiary/aromatic N) is 2. The number of fused-ring (bicyclic) bond motifs is 18. The molecule has 2 aromatic heterocycles. The fourth-order valence-corrected chi connectivity index (χ4v) is 11.8. The third-order valence-electron chi connectivity index (χ3n) is 13.2. The van der Waals surface area contributed by atoms with Crippen molar-refractivity contribution in [3.8, 4) is 0 Å². The number of thiophene rings is 1. The Kier molecular flexibility index (Phi) is 6.74. The van der Waals surface area contributed by atoms with Crippen molar-refractivity contribution in [2.75, 3.05) is 0 Å². The van der Waals surface area contributed by atoms with Gasteiger partial charge in [0.05, 0.1) is 16.7 Å². The van der Waals surface area contributed by atoms with E-state index in [2.05, 4.69) is 187 Å². The average Bonchev–Trinajstić information content (AvgIpc) is 3.84. The monoisotopic (exact) mass is 756 g/mol. The zero-order valence-electron chi connectivity index (χ0n) is 31.9. The molecule has 12 aromatic rings. The van der Waals surface area contributed by atoms with E-state index >= 15 is 0 Å². The van der Waals surface area contributed by atoms with Gasteiger partial charge in [-0.25, -0.2) is 4.99 Å². The minimum absolute atomic E-state index is 0.111. The van der Waals surface area contributed by atoms with Crippen LogP contribution in [0.25, 0.3) is 95.8 Å². The molecule has 2 nitrogen and oxygen atoms in total. The summed E-state index contributed by atoms with van der Waals surface area (Å²) in [5.41, 5.74) is 6.19. The van der Waals surface area contributed by atoms with Gasteiger partial charge >= 0.3 is 0 Å². The molecule has 2 atom stereocenters. The smallest absolute Gasteiger partial charge is 0.118 e. The Balaban J connectivity index is 1.19. The topological polar surface area (TPSA) is 17.3 Å². The SMILES string of the molecule is CCC1C(n2c3ccc4c5ccccc5c5ccccc5c4c3c3ccc4ccccc4c32)=Nc2c(ccc3ccccc23)C1c1ccc2c(c1)sc1ccccc12. The van der Waals surface area contributed by atoms with E-state index in [1.54, 1.807) is 0 Å².